The minimum absolute atomic E-state index is 0.139. The second-order valence-corrected chi connectivity index (χ2v) is 4.82. The van der Waals surface area contributed by atoms with Crippen LogP contribution in [0.15, 0.2) is 18.2 Å². The first kappa shape index (κ1) is 15.9. The quantitative estimate of drug-likeness (QED) is 0.475. The van der Waals surface area contributed by atoms with E-state index in [1.54, 1.807) is 0 Å². The molecule has 0 atom stereocenters. The second-order valence-electron chi connectivity index (χ2n) is 4.82. The molecule has 1 rings (SSSR count). The maximum atomic E-state index is 12.3. The SMILES string of the molecule is CCC(CC)(CC)NC(=O)c1cc([N+](=O)[O-])ccc1N. The summed E-state index contributed by atoms with van der Waals surface area (Å²) in [5.74, 6) is -0.364. The van der Waals surface area contributed by atoms with Gasteiger partial charge in [0.15, 0.2) is 0 Å². The van der Waals surface area contributed by atoms with Crippen LogP contribution in [0.3, 0.4) is 0 Å². The van der Waals surface area contributed by atoms with Crippen LogP contribution in [0.25, 0.3) is 0 Å². The van der Waals surface area contributed by atoms with Gasteiger partial charge >= 0.3 is 0 Å². The lowest BCUT2D eigenvalue weighted by Crippen LogP contribution is -2.47. The van der Waals surface area contributed by atoms with E-state index in [9.17, 15) is 14.9 Å². The van der Waals surface area contributed by atoms with Crippen LogP contribution in [0.2, 0.25) is 0 Å². The topological polar surface area (TPSA) is 98.3 Å². The lowest BCUT2D eigenvalue weighted by molar-refractivity contribution is -0.384. The zero-order valence-electron chi connectivity index (χ0n) is 12.1. The molecule has 0 fully saturated rings. The largest absolute Gasteiger partial charge is 0.398 e. The number of amides is 1. The minimum Gasteiger partial charge on any atom is -0.398 e. The molecule has 0 saturated heterocycles. The first-order chi connectivity index (χ1) is 9.39. The number of anilines is 1. The van der Waals surface area contributed by atoms with Gasteiger partial charge in [0, 0.05) is 23.4 Å². The van der Waals surface area contributed by atoms with Crippen molar-refractivity contribution in [3.8, 4) is 0 Å². The summed E-state index contributed by atoms with van der Waals surface area (Å²) < 4.78 is 0. The van der Waals surface area contributed by atoms with Gasteiger partial charge < -0.3 is 11.1 Å². The third-order valence-electron chi connectivity index (χ3n) is 3.90. The van der Waals surface area contributed by atoms with Crippen LogP contribution in [0.5, 0.6) is 0 Å². The molecule has 20 heavy (non-hydrogen) atoms. The molecule has 0 spiro atoms. The molecule has 0 unspecified atom stereocenters. The minimum atomic E-state index is -0.539. The van der Waals surface area contributed by atoms with Crippen LogP contribution < -0.4 is 11.1 Å². The van der Waals surface area contributed by atoms with Crippen molar-refractivity contribution in [3.05, 3.63) is 33.9 Å². The number of nitrogens with one attached hydrogen (secondary N) is 1. The fourth-order valence-corrected chi connectivity index (χ4v) is 2.18. The molecule has 6 nitrogen and oxygen atoms in total. The predicted octanol–water partition coefficient (Wildman–Crippen LogP) is 2.88. The molecule has 0 aliphatic heterocycles. The van der Waals surface area contributed by atoms with Gasteiger partial charge in [-0.15, -0.1) is 0 Å². The molecule has 1 aromatic rings. The predicted molar refractivity (Wildman–Crippen MR) is 78.6 cm³/mol. The number of hydrogen-bond donors (Lipinski definition) is 2. The number of rotatable bonds is 6. The fraction of sp³-hybridized carbons (Fsp3) is 0.500. The van der Waals surface area contributed by atoms with Gasteiger partial charge in [-0.2, -0.15) is 0 Å². The normalized spacial score (nSPS) is 11.2. The van der Waals surface area contributed by atoms with Crippen molar-refractivity contribution in [2.24, 2.45) is 0 Å². The van der Waals surface area contributed by atoms with Crippen LogP contribution in [0, 0.1) is 10.1 Å². The third-order valence-corrected chi connectivity index (χ3v) is 3.90. The van der Waals surface area contributed by atoms with Crippen molar-refractivity contribution in [1.82, 2.24) is 5.32 Å². The summed E-state index contributed by atoms with van der Waals surface area (Å²) in [6.07, 6.45) is 2.38. The summed E-state index contributed by atoms with van der Waals surface area (Å²) in [5, 5.41) is 13.7. The molecule has 0 aromatic heterocycles. The molecule has 1 amide bonds. The number of carbonyl (C=O) groups is 1. The van der Waals surface area contributed by atoms with Crippen molar-refractivity contribution in [3.63, 3.8) is 0 Å². The highest BCUT2D eigenvalue weighted by atomic mass is 16.6. The lowest BCUT2D eigenvalue weighted by Gasteiger charge is -2.32. The van der Waals surface area contributed by atoms with E-state index in [0.717, 1.165) is 19.3 Å². The Hall–Kier alpha value is -2.11. The van der Waals surface area contributed by atoms with E-state index >= 15 is 0 Å². The standard InChI is InChI=1S/C14H21N3O3/c1-4-14(5-2,6-3)16-13(18)11-9-10(17(19)20)7-8-12(11)15/h7-9H,4-6,15H2,1-3H3,(H,16,18). The third kappa shape index (κ3) is 3.26. The summed E-state index contributed by atoms with van der Waals surface area (Å²) in [6.45, 7) is 6.01. The Morgan fingerprint density at radius 1 is 1.30 bits per heavy atom. The van der Waals surface area contributed by atoms with E-state index in [0.29, 0.717) is 0 Å². The van der Waals surface area contributed by atoms with Crippen molar-refractivity contribution >= 4 is 17.3 Å². The molecule has 0 aliphatic rings. The first-order valence-electron chi connectivity index (χ1n) is 6.75. The van der Waals surface area contributed by atoms with Gasteiger partial charge in [-0.05, 0) is 25.3 Å². The smallest absolute Gasteiger partial charge is 0.270 e. The number of nitrogens with two attached hydrogens (primary N) is 1. The van der Waals surface area contributed by atoms with Crippen molar-refractivity contribution < 1.29 is 9.72 Å². The number of benzene rings is 1. The maximum absolute atomic E-state index is 12.3. The molecule has 110 valence electrons. The van der Waals surface area contributed by atoms with Crippen molar-refractivity contribution in [2.75, 3.05) is 5.73 Å². The van der Waals surface area contributed by atoms with E-state index in [4.69, 9.17) is 5.73 Å². The average molecular weight is 279 g/mol. The molecule has 0 saturated carbocycles. The number of nitrogens with zero attached hydrogens (tertiary/aromatic N) is 1. The summed E-state index contributed by atoms with van der Waals surface area (Å²) in [4.78, 5) is 22.6. The summed E-state index contributed by atoms with van der Waals surface area (Å²) >= 11 is 0. The molecule has 0 radical (unpaired) electrons. The Morgan fingerprint density at radius 3 is 2.30 bits per heavy atom. The second kappa shape index (κ2) is 6.36. The number of nitrogen functional groups attached to an aromatic ring is 1. The van der Waals surface area contributed by atoms with Gasteiger partial charge in [0.05, 0.1) is 10.5 Å². The monoisotopic (exact) mass is 279 g/mol. The van der Waals surface area contributed by atoms with Crippen LogP contribution in [0.1, 0.15) is 50.4 Å². The Bertz CT molecular complexity index is 502. The molecule has 0 aliphatic carbocycles. The lowest BCUT2D eigenvalue weighted by atomic mass is 9.89. The molecule has 0 bridgehead atoms. The highest BCUT2D eigenvalue weighted by molar-refractivity contribution is 6.00. The van der Waals surface area contributed by atoms with Crippen LogP contribution in [-0.4, -0.2) is 16.4 Å². The number of non-ortho nitro benzene ring substituents is 1. The summed E-state index contributed by atoms with van der Waals surface area (Å²) in [7, 11) is 0. The molecule has 0 heterocycles. The average Bonchev–Trinajstić information content (AvgIpc) is 2.45. The van der Waals surface area contributed by atoms with Crippen molar-refractivity contribution in [2.45, 2.75) is 45.6 Å². The first-order valence-corrected chi connectivity index (χ1v) is 6.75. The van der Waals surface area contributed by atoms with Crippen LogP contribution in [-0.2, 0) is 0 Å². The van der Waals surface area contributed by atoms with Crippen LogP contribution in [0.4, 0.5) is 11.4 Å². The summed E-state index contributed by atoms with van der Waals surface area (Å²) in [5.41, 5.74) is 5.71. The Morgan fingerprint density at radius 2 is 1.85 bits per heavy atom. The summed E-state index contributed by atoms with van der Waals surface area (Å²) in [6, 6.07) is 3.90. The fourth-order valence-electron chi connectivity index (χ4n) is 2.18. The zero-order valence-corrected chi connectivity index (χ0v) is 12.1. The molecular formula is C14H21N3O3. The van der Waals surface area contributed by atoms with Gasteiger partial charge in [-0.3, -0.25) is 14.9 Å². The van der Waals surface area contributed by atoms with E-state index in [-0.39, 0.29) is 28.4 Å². The Kier molecular flexibility index (Phi) is 5.07. The number of carbonyl (C=O) groups excluding carboxylic acids is 1. The zero-order chi connectivity index (χ0) is 15.3. The Labute approximate surface area is 118 Å². The number of nitro groups is 1. The van der Waals surface area contributed by atoms with E-state index in [2.05, 4.69) is 5.32 Å². The highest BCUT2D eigenvalue weighted by Gasteiger charge is 2.27. The molecule has 6 heteroatoms. The van der Waals surface area contributed by atoms with E-state index in [1.807, 2.05) is 20.8 Å². The number of hydrogen-bond acceptors (Lipinski definition) is 4. The molecule has 3 N–H and O–H groups in total. The molecular weight excluding hydrogens is 258 g/mol. The molecule has 1 aromatic carbocycles. The number of nitro benzene ring substituents is 1. The van der Waals surface area contributed by atoms with E-state index in [1.165, 1.54) is 18.2 Å². The van der Waals surface area contributed by atoms with Gasteiger partial charge in [0.25, 0.3) is 11.6 Å². The maximum Gasteiger partial charge on any atom is 0.270 e. The highest BCUT2D eigenvalue weighted by Crippen LogP contribution is 2.23. The van der Waals surface area contributed by atoms with Gasteiger partial charge in [-0.1, -0.05) is 20.8 Å². The van der Waals surface area contributed by atoms with E-state index < -0.39 is 4.92 Å². The Balaban J connectivity index is 3.08. The van der Waals surface area contributed by atoms with Gasteiger partial charge in [0.2, 0.25) is 0 Å². The van der Waals surface area contributed by atoms with Crippen LogP contribution >= 0.6 is 0 Å². The van der Waals surface area contributed by atoms with Gasteiger partial charge in [0.1, 0.15) is 0 Å². The van der Waals surface area contributed by atoms with Crippen molar-refractivity contribution in [1.29, 1.82) is 0 Å². The van der Waals surface area contributed by atoms with Gasteiger partial charge in [-0.25, -0.2) is 0 Å².